The van der Waals surface area contributed by atoms with Gasteiger partial charge in [0.05, 0.1) is 28.0 Å². The lowest BCUT2D eigenvalue weighted by atomic mass is 10.3. The van der Waals surface area contributed by atoms with Crippen molar-refractivity contribution in [1.82, 2.24) is 9.78 Å². The monoisotopic (exact) mass is 319 g/mol. The van der Waals surface area contributed by atoms with Gasteiger partial charge in [0, 0.05) is 0 Å². The van der Waals surface area contributed by atoms with Crippen molar-refractivity contribution in [1.29, 1.82) is 0 Å². The van der Waals surface area contributed by atoms with Crippen molar-refractivity contribution in [3.05, 3.63) is 41.7 Å². The van der Waals surface area contributed by atoms with E-state index in [1.54, 1.807) is 4.68 Å². The molecule has 1 N–H and O–H groups in total. The van der Waals surface area contributed by atoms with Crippen LogP contribution in [0.4, 0.5) is 5.69 Å². The maximum absolute atomic E-state index is 12.5. The van der Waals surface area contributed by atoms with Crippen molar-refractivity contribution in [3.8, 4) is 5.69 Å². The third-order valence-corrected chi connectivity index (χ3v) is 6.12. The molecule has 1 heterocycles. The van der Waals surface area contributed by atoms with Crippen LogP contribution >= 0.6 is 0 Å². The molecule has 118 valence electrons. The molecule has 0 atom stereocenters. The van der Waals surface area contributed by atoms with Gasteiger partial charge in [-0.15, -0.1) is 0 Å². The van der Waals surface area contributed by atoms with E-state index in [-0.39, 0.29) is 5.25 Å². The Kier molecular flexibility index (Phi) is 3.95. The number of rotatable bonds is 4. The molecule has 1 aliphatic carbocycles. The molecule has 0 bridgehead atoms. The standard InChI is InChI=1S/C16H21N3O2S/c1-12-16(18-22(20,21)15-10-6-7-11-15)13(2)19(17-12)14-8-4-3-5-9-14/h3-5,8-9,15,18H,6-7,10-11H2,1-2H3. The molecular weight excluding hydrogens is 298 g/mol. The van der Waals surface area contributed by atoms with Crippen molar-refractivity contribution >= 4 is 15.7 Å². The summed E-state index contributed by atoms with van der Waals surface area (Å²) in [5.74, 6) is 0. The molecule has 2 aromatic rings. The number of sulfonamides is 1. The van der Waals surface area contributed by atoms with Crippen LogP contribution in [0.1, 0.15) is 37.1 Å². The minimum atomic E-state index is -3.33. The third-order valence-electron chi connectivity index (χ3n) is 4.28. The summed E-state index contributed by atoms with van der Waals surface area (Å²) >= 11 is 0. The van der Waals surface area contributed by atoms with E-state index in [4.69, 9.17) is 0 Å². The predicted molar refractivity (Wildman–Crippen MR) is 87.8 cm³/mol. The Labute approximate surface area is 131 Å². The fourth-order valence-corrected chi connectivity index (χ4v) is 4.74. The number of aromatic nitrogens is 2. The van der Waals surface area contributed by atoms with Crippen LogP contribution < -0.4 is 4.72 Å². The molecule has 1 saturated carbocycles. The highest BCUT2D eigenvalue weighted by atomic mass is 32.2. The first kappa shape index (κ1) is 15.1. The van der Waals surface area contributed by atoms with Crippen molar-refractivity contribution in [2.45, 2.75) is 44.8 Å². The van der Waals surface area contributed by atoms with Gasteiger partial charge in [-0.1, -0.05) is 31.0 Å². The molecule has 5 nitrogen and oxygen atoms in total. The van der Waals surface area contributed by atoms with Gasteiger partial charge in [-0.25, -0.2) is 13.1 Å². The fraction of sp³-hybridized carbons (Fsp3) is 0.438. The van der Waals surface area contributed by atoms with Crippen LogP contribution in [0.25, 0.3) is 5.69 Å². The van der Waals surface area contributed by atoms with Crippen LogP contribution in [0.3, 0.4) is 0 Å². The smallest absolute Gasteiger partial charge is 0.235 e. The van der Waals surface area contributed by atoms with Crippen LogP contribution in [0, 0.1) is 13.8 Å². The predicted octanol–water partition coefficient (Wildman–Crippen LogP) is 3.17. The molecule has 1 aromatic heterocycles. The number of aryl methyl sites for hydroxylation is 1. The maximum Gasteiger partial charge on any atom is 0.235 e. The Hall–Kier alpha value is -1.82. The van der Waals surface area contributed by atoms with Crippen molar-refractivity contribution in [2.75, 3.05) is 4.72 Å². The molecule has 0 saturated heterocycles. The highest BCUT2D eigenvalue weighted by molar-refractivity contribution is 7.93. The second-order valence-corrected chi connectivity index (χ2v) is 7.81. The van der Waals surface area contributed by atoms with E-state index in [0.29, 0.717) is 11.4 Å². The van der Waals surface area contributed by atoms with Gasteiger partial charge in [0.15, 0.2) is 0 Å². The van der Waals surface area contributed by atoms with E-state index >= 15 is 0 Å². The number of hydrogen-bond donors (Lipinski definition) is 1. The Morgan fingerprint density at radius 3 is 2.41 bits per heavy atom. The Balaban J connectivity index is 1.94. The Bertz CT molecular complexity index is 760. The first-order valence-corrected chi connectivity index (χ1v) is 9.17. The van der Waals surface area contributed by atoms with Gasteiger partial charge >= 0.3 is 0 Å². The molecular formula is C16H21N3O2S. The summed E-state index contributed by atoms with van der Waals surface area (Å²) in [5.41, 5.74) is 3.04. The molecule has 3 rings (SSSR count). The zero-order valence-corrected chi connectivity index (χ0v) is 13.7. The lowest BCUT2D eigenvalue weighted by molar-refractivity contribution is 0.585. The molecule has 0 radical (unpaired) electrons. The van der Waals surface area contributed by atoms with E-state index in [9.17, 15) is 8.42 Å². The van der Waals surface area contributed by atoms with Crippen molar-refractivity contribution < 1.29 is 8.42 Å². The number of nitrogens with zero attached hydrogens (tertiary/aromatic N) is 2. The Morgan fingerprint density at radius 2 is 1.77 bits per heavy atom. The molecule has 1 aliphatic rings. The molecule has 0 spiro atoms. The van der Waals surface area contributed by atoms with E-state index in [0.717, 1.165) is 37.1 Å². The number of nitrogens with one attached hydrogen (secondary N) is 1. The highest BCUT2D eigenvalue weighted by Crippen LogP contribution is 2.29. The summed E-state index contributed by atoms with van der Waals surface area (Å²) in [7, 11) is -3.33. The normalized spacial score (nSPS) is 16.1. The summed E-state index contributed by atoms with van der Waals surface area (Å²) < 4.78 is 29.6. The van der Waals surface area contributed by atoms with Gasteiger partial charge in [-0.3, -0.25) is 4.72 Å². The summed E-state index contributed by atoms with van der Waals surface area (Å²) in [4.78, 5) is 0. The third kappa shape index (κ3) is 2.75. The molecule has 0 aliphatic heterocycles. The SMILES string of the molecule is Cc1nn(-c2ccccc2)c(C)c1NS(=O)(=O)C1CCCC1. The number of benzene rings is 1. The lowest BCUT2D eigenvalue weighted by Crippen LogP contribution is -2.25. The van der Waals surface area contributed by atoms with Crippen LogP contribution in [0.15, 0.2) is 30.3 Å². The van der Waals surface area contributed by atoms with Gasteiger partial charge < -0.3 is 0 Å². The Morgan fingerprint density at radius 1 is 1.14 bits per heavy atom. The number of anilines is 1. The molecule has 0 amide bonds. The van der Waals surface area contributed by atoms with E-state index < -0.39 is 10.0 Å². The second kappa shape index (κ2) is 5.76. The quantitative estimate of drug-likeness (QED) is 0.941. The van der Waals surface area contributed by atoms with Crippen LogP contribution in [0.2, 0.25) is 0 Å². The first-order valence-electron chi connectivity index (χ1n) is 7.62. The fourth-order valence-electron chi connectivity index (χ4n) is 3.04. The average molecular weight is 319 g/mol. The van der Waals surface area contributed by atoms with E-state index in [1.807, 2.05) is 44.2 Å². The molecule has 0 unspecified atom stereocenters. The van der Waals surface area contributed by atoms with Crippen LogP contribution in [-0.2, 0) is 10.0 Å². The minimum Gasteiger partial charge on any atom is -0.280 e. The molecule has 1 aromatic carbocycles. The van der Waals surface area contributed by atoms with E-state index in [1.165, 1.54) is 0 Å². The summed E-state index contributed by atoms with van der Waals surface area (Å²) in [6.45, 7) is 3.72. The van der Waals surface area contributed by atoms with Gasteiger partial charge in [0.1, 0.15) is 0 Å². The lowest BCUT2D eigenvalue weighted by Gasteiger charge is -2.13. The van der Waals surface area contributed by atoms with Crippen LogP contribution in [-0.4, -0.2) is 23.4 Å². The number of para-hydroxylation sites is 1. The first-order chi connectivity index (χ1) is 10.5. The number of hydrogen-bond acceptors (Lipinski definition) is 3. The van der Waals surface area contributed by atoms with Gasteiger partial charge in [0.25, 0.3) is 0 Å². The average Bonchev–Trinajstić information content (AvgIpc) is 3.13. The highest BCUT2D eigenvalue weighted by Gasteiger charge is 2.30. The largest absolute Gasteiger partial charge is 0.280 e. The summed E-state index contributed by atoms with van der Waals surface area (Å²) in [6, 6.07) is 9.73. The van der Waals surface area contributed by atoms with Crippen LogP contribution in [0.5, 0.6) is 0 Å². The van der Waals surface area contributed by atoms with Gasteiger partial charge in [0.2, 0.25) is 10.0 Å². The van der Waals surface area contributed by atoms with Crippen molar-refractivity contribution in [3.63, 3.8) is 0 Å². The van der Waals surface area contributed by atoms with Gasteiger partial charge in [-0.05, 0) is 38.8 Å². The summed E-state index contributed by atoms with van der Waals surface area (Å²) in [6.07, 6.45) is 3.49. The second-order valence-electron chi connectivity index (χ2n) is 5.85. The zero-order valence-electron chi connectivity index (χ0n) is 12.9. The van der Waals surface area contributed by atoms with Crippen molar-refractivity contribution in [2.24, 2.45) is 0 Å². The van der Waals surface area contributed by atoms with Gasteiger partial charge in [-0.2, -0.15) is 5.10 Å². The molecule has 1 fully saturated rings. The zero-order chi connectivity index (χ0) is 15.7. The summed E-state index contributed by atoms with van der Waals surface area (Å²) in [5, 5.41) is 4.21. The molecule has 22 heavy (non-hydrogen) atoms. The minimum absolute atomic E-state index is 0.272. The molecule has 6 heteroatoms. The van der Waals surface area contributed by atoms with E-state index in [2.05, 4.69) is 9.82 Å². The maximum atomic E-state index is 12.5. The topological polar surface area (TPSA) is 64.0 Å².